The summed E-state index contributed by atoms with van der Waals surface area (Å²) >= 11 is 4.79. The van der Waals surface area contributed by atoms with E-state index < -0.39 is 0 Å². The molecule has 0 spiro atoms. The number of rotatable bonds is 5. The largest absolute Gasteiger partial charge is 0.389 e. The van der Waals surface area contributed by atoms with Crippen LogP contribution in [0.25, 0.3) is 0 Å². The Bertz CT molecular complexity index is 485. The molecule has 0 saturated heterocycles. The van der Waals surface area contributed by atoms with E-state index in [1.807, 2.05) is 0 Å². The summed E-state index contributed by atoms with van der Waals surface area (Å²) in [6, 6.07) is 3.17. The van der Waals surface area contributed by atoms with Crippen molar-refractivity contribution in [3.8, 4) is 0 Å². The predicted octanol–water partition coefficient (Wildman–Crippen LogP) is -0.0761. The van der Waals surface area contributed by atoms with Crippen LogP contribution in [0, 0.1) is 0 Å². The third-order valence-corrected chi connectivity index (χ3v) is 2.64. The molecule has 0 aliphatic carbocycles. The Morgan fingerprint density at radius 2 is 2.11 bits per heavy atom. The highest BCUT2D eigenvalue weighted by molar-refractivity contribution is 7.80. The molecule has 1 aromatic rings. The van der Waals surface area contributed by atoms with Crippen molar-refractivity contribution in [1.29, 1.82) is 0 Å². The molecule has 3 N–H and O–H groups in total. The second-order valence-corrected chi connectivity index (χ2v) is 4.53. The Balaban J connectivity index is 2.50. The summed E-state index contributed by atoms with van der Waals surface area (Å²) in [7, 11) is 3.33. The highest BCUT2D eigenvalue weighted by atomic mass is 32.1. The summed E-state index contributed by atoms with van der Waals surface area (Å²) in [5, 5.41) is 2.62. The highest BCUT2D eigenvalue weighted by Gasteiger charge is 2.09. The first kappa shape index (κ1) is 15.0. The molecule has 0 aliphatic rings. The molecule has 102 valence electrons. The molecular weight excluding hydrogens is 264 g/mol. The molecule has 1 heterocycles. The minimum absolute atomic E-state index is 0.0444. The van der Waals surface area contributed by atoms with E-state index >= 15 is 0 Å². The minimum Gasteiger partial charge on any atom is -0.389 e. The van der Waals surface area contributed by atoms with Crippen molar-refractivity contribution in [3.63, 3.8) is 0 Å². The van der Waals surface area contributed by atoms with E-state index in [-0.39, 0.29) is 35.5 Å². The number of pyridine rings is 1. The maximum atomic E-state index is 11.7. The van der Waals surface area contributed by atoms with E-state index in [1.165, 1.54) is 17.2 Å². The number of amides is 2. The maximum Gasteiger partial charge on any atom is 0.269 e. The summed E-state index contributed by atoms with van der Waals surface area (Å²) in [5.74, 6) is -0.377. The van der Waals surface area contributed by atoms with Crippen LogP contribution < -0.4 is 11.1 Å². The predicted molar refractivity (Wildman–Crippen MR) is 75.8 cm³/mol. The second-order valence-electron chi connectivity index (χ2n) is 4.09. The molecule has 7 heteroatoms. The van der Waals surface area contributed by atoms with Gasteiger partial charge in [0.05, 0.1) is 0 Å². The number of hydrogen-bond donors (Lipinski definition) is 2. The fraction of sp³-hybridized carbons (Fsp3) is 0.333. The van der Waals surface area contributed by atoms with Crippen molar-refractivity contribution < 1.29 is 9.59 Å². The summed E-state index contributed by atoms with van der Waals surface area (Å²) in [5.41, 5.74) is 6.30. The number of carbonyl (C=O) groups excluding carboxylic acids is 2. The molecule has 2 amide bonds. The Morgan fingerprint density at radius 3 is 2.58 bits per heavy atom. The van der Waals surface area contributed by atoms with Gasteiger partial charge in [-0.15, -0.1) is 0 Å². The van der Waals surface area contributed by atoms with E-state index in [2.05, 4.69) is 10.3 Å². The number of aromatic nitrogens is 1. The van der Waals surface area contributed by atoms with E-state index in [4.69, 9.17) is 18.0 Å². The monoisotopic (exact) mass is 280 g/mol. The second kappa shape index (κ2) is 6.79. The van der Waals surface area contributed by atoms with Crippen LogP contribution in [-0.2, 0) is 4.79 Å². The van der Waals surface area contributed by atoms with Crippen LogP contribution in [0.15, 0.2) is 18.3 Å². The molecule has 0 radical (unpaired) electrons. The molecule has 0 aliphatic heterocycles. The maximum absolute atomic E-state index is 11.7. The molecule has 0 fully saturated rings. The normalized spacial score (nSPS) is 9.79. The standard InChI is InChI=1S/C12H16N4O2S/c1-16(2)10(17)5-6-14-12(18)9-4-3-8(7-15-9)11(13)19/h3-4,7H,5-6H2,1-2H3,(H2,13,19)(H,14,18). The molecule has 0 unspecified atom stereocenters. The minimum atomic E-state index is -0.332. The molecule has 6 nitrogen and oxygen atoms in total. The lowest BCUT2D eigenvalue weighted by Crippen LogP contribution is -2.30. The van der Waals surface area contributed by atoms with Gasteiger partial charge in [-0.1, -0.05) is 12.2 Å². The zero-order chi connectivity index (χ0) is 14.4. The average molecular weight is 280 g/mol. The van der Waals surface area contributed by atoms with Crippen molar-refractivity contribution in [3.05, 3.63) is 29.6 Å². The number of nitrogens with one attached hydrogen (secondary N) is 1. The molecule has 1 rings (SSSR count). The zero-order valence-corrected chi connectivity index (χ0v) is 11.7. The summed E-state index contributed by atoms with van der Waals surface area (Å²) < 4.78 is 0. The van der Waals surface area contributed by atoms with Gasteiger partial charge in [-0.2, -0.15) is 0 Å². The van der Waals surface area contributed by atoms with Crippen LogP contribution in [0.5, 0.6) is 0 Å². The fourth-order valence-electron chi connectivity index (χ4n) is 1.27. The number of nitrogens with zero attached hydrogens (tertiary/aromatic N) is 2. The van der Waals surface area contributed by atoms with E-state index in [0.717, 1.165) is 0 Å². The topological polar surface area (TPSA) is 88.3 Å². The summed E-state index contributed by atoms with van der Waals surface area (Å²) in [6.45, 7) is 0.272. The SMILES string of the molecule is CN(C)C(=O)CCNC(=O)c1ccc(C(N)=S)cn1. The van der Waals surface area contributed by atoms with Crippen LogP contribution in [-0.4, -0.2) is 47.3 Å². The van der Waals surface area contributed by atoms with Gasteiger partial charge in [0, 0.05) is 38.8 Å². The van der Waals surface area contributed by atoms with Gasteiger partial charge in [-0.05, 0) is 12.1 Å². The van der Waals surface area contributed by atoms with Gasteiger partial charge >= 0.3 is 0 Å². The lowest BCUT2D eigenvalue weighted by atomic mass is 10.2. The van der Waals surface area contributed by atoms with E-state index in [1.54, 1.807) is 20.2 Å². The Kier molecular flexibility index (Phi) is 5.37. The fourth-order valence-corrected chi connectivity index (χ4v) is 1.39. The first-order valence-corrected chi connectivity index (χ1v) is 6.07. The molecule has 0 bridgehead atoms. The van der Waals surface area contributed by atoms with Crippen molar-refractivity contribution in [1.82, 2.24) is 15.2 Å². The van der Waals surface area contributed by atoms with Crippen molar-refractivity contribution in [2.45, 2.75) is 6.42 Å². The smallest absolute Gasteiger partial charge is 0.269 e. The van der Waals surface area contributed by atoms with Crippen LogP contribution in [0.4, 0.5) is 0 Å². The van der Waals surface area contributed by atoms with Gasteiger partial charge in [0.1, 0.15) is 10.7 Å². The Morgan fingerprint density at radius 1 is 1.42 bits per heavy atom. The quantitative estimate of drug-likeness (QED) is 0.737. The third kappa shape index (κ3) is 4.63. The average Bonchev–Trinajstić information content (AvgIpc) is 2.38. The Hall–Kier alpha value is -2.02. The molecule has 0 atom stereocenters. The van der Waals surface area contributed by atoms with Crippen molar-refractivity contribution >= 4 is 29.0 Å². The van der Waals surface area contributed by atoms with Gasteiger partial charge in [-0.25, -0.2) is 0 Å². The van der Waals surface area contributed by atoms with E-state index in [9.17, 15) is 9.59 Å². The van der Waals surface area contributed by atoms with Crippen molar-refractivity contribution in [2.24, 2.45) is 5.73 Å². The lowest BCUT2D eigenvalue weighted by Gasteiger charge is -2.10. The molecule has 0 saturated carbocycles. The van der Waals surface area contributed by atoms with Gasteiger partial charge in [-0.3, -0.25) is 14.6 Å². The van der Waals surface area contributed by atoms with Gasteiger partial charge in [0.2, 0.25) is 5.91 Å². The van der Waals surface area contributed by atoms with Crippen LogP contribution in [0.3, 0.4) is 0 Å². The summed E-state index contributed by atoms with van der Waals surface area (Å²) in [6.07, 6.45) is 1.70. The third-order valence-electron chi connectivity index (χ3n) is 2.40. The lowest BCUT2D eigenvalue weighted by molar-refractivity contribution is -0.128. The van der Waals surface area contributed by atoms with Crippen molar-refractivity contribution in [2.75, 3.05) is 20.6 Å². The van der Waals surface area contributed by atoms with Crippen LogP contribution in [0.2, 0.25) is 0 Å². The van der Waals surface area contributed by atoms with Crippen LogP contribution >= 0.6 is 12.2 Å². The van der Waals surface area contributed by atoms with Gasteiger partial charge in [0.15, 0.2) is 0 Å². The zero-order valence-electron chi connectivity index (χ0n) is 10.8. The number of carbonyl (C=O) groups is 2. The molecule has 0 aromatic carbocycles. The highest BCUT2D eigenvalue weighted by Crippen LogP contribution is 2.00. The first-order valence-electron chi connectivity index (χ1n) is 5.66. The molecule has 1 aromatic heterocycles. The van der Waals surface area contributed by atoms with Crippen LogP contribution in [0.1, 0.15) is 22.5 Å². The summed E-state index contributed by atoms with van der Waals surface area (Å²) in [4.78, 5) is 28.7. The number of hydrogen-bond acceptors (Lipinski definition) is 4. The molecule has 19 heavy (non-hydrogen) atoms. The first-order chi connectivity index (χ1) is 8.91. The number of nitrogens with two attached hydrogens (primary N) is 1. The molecular formula is C12H16N4O2S. The Labute approximate surface area is 117 Å². The van der Waals surface area contributed by atoms with Gasteiger partial charge in [0.25, 0.3) is 5.91 Å². The van der Waals surface area contributed by atoms with Gasteiger partial charge < -0.3 is 16.0 Å². The van der Waals surface area contributed by atoms with E-state index in [0.29, 0.717) is 5.56 Å². The number of thiocarbonyl (C=S) groups is 1.